The molecule has 1 aromatic carbocycles. The van der Waals surface area contributed by atoms with Gasteiger partial charge in [0.15, 0.2) is 0 Å². The van der Waals surface area contributed by atoms with E-state index in [0.29, 0.717) is 5.75 Å². The highest BCUT2D eigenvalue weighted by molar-refractivity contribution is 5.64. The molecule has 0 bridgehead atoms. The zero-order chi connectivity index (χ0) is 12.8. The molecular weight excluding hydrogens is 212 g/mol. The molecule has 0 spiro atoms. The fraction of sp³-hybridized carbons (Fsp3) is 0.500. The highest BCUT2D eigenvalue weighted by Crippen LogP contribution is 2.27. The van der Waals surface area contributed by atoms with Crippen molar-refractivity contribution in [3.63, 3.8) is 0 Å². The quantitative estimate of drug-likeness (QED) is 0.627. The summed E-state index contributed by atoms with van der Waals surface area (Å²) in [5.74, 6) is 0.367. The Balaban J connectivity index is 2.90. The molecule has 0 aliphatic rings. The van der Waals surface area contributed by atoms with Crippen LogP contribution in [0.1, 0.15) is 31.4 Å². The van der Waals surface area contributed by atoms with Crippen LogP contribution in [0.3, 0.4) is 0 Å². The molecule has 0 amide bonds. The molecule has 0 aliphatic heterocycles. The zero-order valence-corrected chi connectivity index (χ0v) is 11.2. The summed E-state index contributed by atoms with van der Waals surface area (Å²) >= 11 is 0. The number of aliphatic imine (C=N–C) groups is 1. The molecular formula is C14H22N2O. The van der Waals surface area contributed by atoms with Crippen molar-refractivity contribution < 1.29 is 5.11 Å². The molecule has 3 heteroatoms. The third-order valence-electron chi connectivity index (χ3n) is 2.75. The van der Waals surface area contributed by atoms with Gasteiger partial charge in [-0.05, 0) is 43.0 Å². The highest BCUT2D eigenvalue weighted by atomic mass is 16.3. The Kier molecular flexibility index (Phi) is 5.01. The van der Waals surface area contributed by atoms with Crippen molar-refractivity contribution in [2.45, 2.75) is 33.6 Å². The van der Waals surface area contributed by atoms with Gasteiger partial charge in [-0.3, -0.25) is 0 Å². The van der Waals surface area contributed by atoms with E-state index >= 15 is 0 Å². The van der Waals surface area contributed by atoms with Crippen LogP contribution in [-0.4, -0.2) is 29.9 Å². The summed E-state index contributed by atoms with van der Waals surface area (Å²) in [7, 11) is 2.02. The second-order valence-corrected chi connectivity index (χ2v) is 4.35. The van der Waals surface area contributed by atoms with Crippen LogP contribution >= 0.6 is 0 Å². The first-order valence-electron chi connectivity index (χ1n) is 6.15. The average molecular weight is 234 g/mol. The van der Waals surface area contributed by atoms with Gasteiger partial charge in [-0.1, -0.05) is 13.8 Å². The SMILES string of the molecule is CCCN(C)C=Nc1cc(CC)c(O)cc1C. The summed E-state index contributed by atoms with van der Waals surface area (Å²) in [5, 5.41) is 9.72. The van der Waals surface area contributed by atoms with Gasteiger partial charge < -0.3 is 10.0 Å². The first kappa shape index (κ1) is 13.6. The highest BCUT2D eigenvalue weighted by Gasteiger charge is 2.04. The number of aryl methyl sites for hydroxylation is 2. The van der Waals surface area contributed by atoms with E-state index < -0.39 is 0 Å². The van der Waals surface area contributed by atoms with E-state index in [0.717, 1.165) is 36.2 Å². The van der Waals surface area contributed by atoms with Crippen LogP contribution in [-0.2, 0) is 6.42 Å². The number of rotatable bonds is 5. The Labute approximate surface area is 104 Å². The number of phenolic OH excluding ortho intramolecular Hbond substituents is 1. The minimum absolute atomic E-state index is 0.367. The predicted molar refractivity (Wildman–Crippen MR) is 73.3 cm³/mol. The first-order valence-corrected chi connectivity index (χ1v) is 6.15. The predicted octanol–water partition coefficient (Wildman–Crippen LogP) is 3.26. The second-order valence-electron chi connectivity index (χ2n) is 4.35. The Morgan fingerprint density at radius 3 is 2.65 bits per heavy atom. The number of hydrogen-bond donors (Lipinski definition) is 1. The lowest BCUT2D eigenvalue weighted by atomic mass is 10.1. The molecule has 0 radical (unpaired) electrons. The van der Waals surface area contributed by atoms with Crippen LogP contribution in [0, 0.1) is 6.92 Å². The Morgan fingerprint density at radius 1 is 1.35 bits per heavy atom. The van der Waals surface area contributed by atoms with E-state index in [1.54, 1.807) is 6.07 Å². The smallest absolute Gasteiger partial charge is 0.119 e. The molecule has 0 aliphatic carbocycles. The molecule has 17 heavy (non-hydrogen) atoms. The monoisotopic (exact) mass is 234 g/mol. The van der Waals surface area contributed by atoms with Crippen molar-refractivity contribution in [2.75, 3.05) is 13.6 Å². The number of hydrogen-bond acceptors (Lipinski definition) is 2. The van der Waals surface area contributed by atoms with Crippen molar-refractivity contribution >= 4 is 12.0 Å². The van der Waals surface area contributed by atoms with Crippen molar-refractivity contribution in [3.05, 3.63) is 23.3 Å². The molecule has 0 heterocycles. The molecule has 0 atom stereocenters. The number of nitrogens with zero attached hydrogens (tertiary/aromatic N) is 2. The third kappa shape index (κ3) is 3.77. The van der Waals surface area contributed by atoms with Crippen molar-refractivity contribution in [1.29, 1.82) is 0 Å². The van der Waals surface area contributed by atoms with Gasteiger partial charge in [0.1, 0.15) is 5.75 Å². The van der Waals surface area contributed by atoms with Gasteiger partial charge in [-0.2, -0.15) is 0 Å². The summed E-state index contributed by atoms with van der Waals surface area (Å²) in [6.45, 7) is 7.14. The number of aromatic hydroxyl groups is 1. The summed E-state index contributed by atoms with van der Waals surface area (Å²) in [4.78, 5) is 6.53. The molecule has 3 nitrogen and oxygen atoms in total. The molecule has 94 valence electrons. The topological polar surface area (TPSA) is 35.8 Å². The normalized spacial score (nSPS) is 11.1. The molecule has 0 unspecified atom stereocenters. The Hall–Kier alpha value is -1.51. The van der Waals surface area contributed by atoms with Crippen LogP contribution in [0.4, 0.5) is 5.69 Å². The van der Waals surface area contributed by atoms with Crippen LogP contribution in [0.5, 0.6) is 5.75 Å². The van der Waals surface area contributed by atoms with E-state index in [2.05, 4.69) is 16.8 Å². The molecule has 0 saturated carbocycles. The maximum Gasteiger partial charge on any atom is 0.119 e. The zero-order valence-electron chi connectivity index (χ0n) is 11.2. The largest absolute Gasteiger partial charge is 0.508 e. The lowest BCUT2D eigenvalue weighted by Crippen LogP contribution is -2.16. The van der Waals surface area contributed by atoms with Crippen molar-refractivity contribution in [3.8, 4) is 5.75 Å². The van der Waals surface area contributed by atoms with Gasteiger partial charge in [-0.15, -0.1) is 0 Å². The van der Waals surface area contributed by atoms with Gasteiger partial charge in [0.05, 0.1) is 12.0 Å². The van der Waals surface area contributed by atoms with Crippen molar-refractivity contribution in [1.82, 2.24) is 4.90 Å². The van der Waals surface area contributed by atoms with Crippen molar-refractivity contribution in [2.24, 2.45) is 4.99 Å². The van der Waals surface area contributed by atoms with Gasteiger partial charge in [0, 0.05) is 13.6 Å². The summed E-state index contributed by atoms with van der Waals surface area (Å²) in [6.07, 6.45) is 3.78. The average Bonchev–Trinajstić information content (AvgIpc) is 2.28. The van der Waals surface area contributed by atoms with Gasteiger partial charge >= 0.3 is 0 Å². The summed E-state index contributed by atoms with van der Waals surface area (Å²) in [6, 6.07) is 3.74. The molecule has 0 saturated heterocycles. The van der Waals surface area contributed by atoms with E-state index in [1.807, 2.05) is 33.3 Å². The maximum absolute atomic E-state index is 9.72. The fourth-order valence-corrected chi connectivity index (χ4v) is 1.72. The number of benzene rings is 1. The fourth-order valence-electron chi connectivity index (χ4n) is 1.72. The van der Waals surface area contributed by atoms with Crippen LogP contribution < -0.4 is 0 Å². The first-order chi connectivity index (χ1) is 8.08. The summed E-state index contributed by atoms with van der Waals surface area (Å²) in [5.41, 5.74) is 2.88. The van der Waals surface area contributed by atoms with Gasteiger partial charge in [0.2, 0.25) is 0 Å². The van der Waals surface area contributed by atoms with Crippen LogP contribution in [0.25, 0.3) is 0 Å². The molecule has 1 aromatic rings. The minimum atomic E-state index is 0.367. The Morgan fingerprint density at radius 2 is 2.06 bits per heavy atom. The van der Waals surface area contributed by atoms with E-state index in [4.69, 9.17) is 0 Å². The summed E-state index contributed by atoms with van der Waals surface area (Å²) < 4.78 is 0. The molecule has 1 N–H and O–H groups in total. The number of phenols is 1. The minimum Gasteiger partial charge on any atom is -0.508 e. The second kappa shape index (κ2) is 6.28. The molecule has 0 aromatic heterocycles. The standard InChI is InChI=1S/C14H22N2O/c1-5-7-16(4)10-15-13-9-12(6-2)14(17)8-11(13)3/h8-10,17H,5-7H2,1-4H3. The van der Waals surface area contributed by atoms with E-state index in [9.17, 15) is 5.11 Å². The van der Waals surface area contributed by atoms with Gasteiger partial charge in [-0.25, -0.2) is 4.99 Å². The Bertz CT molecular complexity index is 399. The van der Waals surface area contributed by atoms with Crippen LogP contribution in [0.2, 0.25) is 0 Å². The molecule has 0 fully saturated rings. The third-order valence-corrected chi connectivity index (χ3v) is 2.75. The van der Waals surface area contributed by atoms with Gasteiger partial charge in [0.25, 0.3) is 0 Å². The van der Waals surface area contributed by atoms with E-state index in [1.165, 1.54) is 0 Å². The maximum atomic E-state index is 9.72. The van der Waals surface area contributed by atoms with Crippen LogP contribution in [0.15, 0.2) is 17.1 Å². The lowest BCUT2D eigenvalue weighted by molar-refractivity contribution is 0.468. The molecule has 1 rings (SSSR count). The lowest BCUT2D eigenvalue weighted by Gasteiger charge is -2.11. The van der Waals surface area contributed by atoms with E-state index in [-0.39, 0.29) is 0 Å².